The highest BCUT2D eigenvalue weighted by molar-refractivity contribution is 7.99. The van der Waals surface area contributed by atoms with Gasteiger partial charge in [-0.05, 0) is 85.9 Å². The Kier molecular flexibility index (Phi) is 6.71. The largest absolute Gasteiger partial charge is 0.450 e. The van der Waals surface area contributed by atoms with Gasteiger partial charge in [0.2, 0.25) is 0 Å². The van der Waals surface area contributed by atoms with E-state index in [4.69, 9.17) is 39.8 Å². The van der Waals surface area contributed by atoms with Crippen molar-refractivity contribution in [1.29, 1.82) is 0 Å². The van der Waals surface area contributed by atoms with Crippen molar-refractivity contribution in [1.82, 2.24) is 4.90 Å². The molecular formula is C23H16Cl2N2O3S2. The van der Waals surface area contributed by atoms with Gasteiger partial charge in [-0.1, -0.05) is 35.0 Å². The minimum Gasteiger partial charge on any atom is -0.450 e. The van der Waals surface area contributed by atoms with E-state index in [0.717, 1.165) is 4.90 Å². The van der Waals surface area contributed by atoms with Crippen LogP contribution in [0.2, 0.25) is 10.0 Å². The van der Waals surface area contributed by atoms with Crippen LogP contribution in [0.4, 0.5) is 5.69 Å². The van der Waals surface area contributed by atoms with Gasteiger partial charge in [0.15, 0.2) is 10.2 Å². The number of carbonyl (C=O) groups is 2. The number of hydrogen-bond donors (Lipinski definition) is 0. The third-order valence-corrected chi connectivity index (χ3v) is 6.49. The highest BCUT2D eigenvalue weighted by Crippen LogP contribution is 2.32. The van der Waals surface area contributed by atoms with Gasteiger partial charge in [-0.3, -0.25) is 19.4 Å². The van der Waals surface area contributed by atoms with E-state index in [1.54, 1.807) is 55.5 Å². The Morgan fingerprint density at radius 3 is 2.19 bits per heavy atom. The Morgan fingerprint density at radius 2 is 1.56 bits per heavy atom. The van der Waals surface area contributed by atoms with Gasteiger partial charge in [0, 0.05) is 21.5 Å². The number of hydrogen-bond acceptors (Lipinski definition) is 5. The Labute approximate surface area is 204 Å². The summed E-state index contributed by atoms with van der Waals surface area (Å²) in [5.41, 5.74) is 0.493. The number of nitrogens with zero attached hydrogens (tertiary/aromatic N) is 2. The summed E-state index contributed by atoms with van der Waals surface area (Å²) in [7, 11) is 0. The number of furan rings is 1. The van der Waals surface area contributed by atoms with Gasteiger partial charge in [-0.2, -0.15) is 0 Å². The van der Waals surface area contributed by atoms with E-state index in [0.29, 0.717) is 33.1 Å². The van der Waals surface area contributed by atoms with Gasteiger partial charge in [-0.15, -0.1) is 0 Å². The Balaban J connectivity index is 1.65. The predicted molar refractivity (Wildman–Crippen MR) is 131 cm³/mol. The quantitative estimate of drug-likeness (QED) is 0.232. The van der Waals surface area contributed by atoms with E-state index in [-0.39, 0.29) is 10.7 Å². The van der Waals surface area contributed by atoms with E-state index in [2.05, 4.69) is 0 Å². The number of carbonyl (C=O) groups excluding carboxylic acids is 2. The molecule has 1 aliphatic heterocycles. The van der Waals surface area contributed by atoms with Crippen molar-refractivity contribution < 1.29 is 14.0 Å². The van der Waals surface area contributed by atoms with Crippen molar-refractivity contribution in [2.24, 2.45) is 0 Å². The van der Waals surface area contributed by atoms with E-state index in [9.17, 15) is 9.59 Å². The molecule has 2 amide bonds. The summed E-state index contributed by atoms with van der Waals surface area (Å²) in [5, 5.41) is 1.93. The topological polar surface area (TPSA) is 53.8 Å². The smallest absolute Gasteiger partial charge is 0.270 e. The van der Waals surface area contributed by atoms with Crippen molar-refractivity contribution in [2.75, 3.05) is 11.4 Å². The van der Waals surface area contributed by atoms with Crippen LogP contribution in [0.25, 0.3) is 6.08 Å². The summed E-state index contributed by atoms with van der Waals surface area (Å²) in [6.07, 6.45) is 1.45. The van der Waals surface area contributed by atoms with Gasteiger partial charge in [-0.25, -0.2) is 0 Å². The van der Waals surface area contributed by atoms with E-state index in [1.165, 1.54) is 27.6 Å². The molecule has 0 bridgehead atoms. The second-order valence-corrected chi connectivity index (χ2v) is 9.04. The van der Waals surface area contributed by atoms with Crippen LogP contribution in [0.15, 0.2) is 80.6 Å². The summed E-state index contributed by atoms with van der Waals surface area (Å²) in [6, 6.07) is 17.5. The molecule has 1 saturated heterocycles. The first-order valence-electron chi connectivity index (χ1n) is 9.58. The highest BCUT2D eigenvalue weighted by atomic mass is 35.5. The van der Waals surface area contributed by atoms with Crippen molar-refractivity contribution in [3.63, 3.8) is 0 Å². The van der Waals surface area contributed by atoms with Gasteiger partial charge >= 0.3 is 0 Å². The summed E-state index contributed by atoms with van der Waals surface area (Å²) in [5.74, 6) is -0.593. The second kappa shape index (κ2) is 9.50. The van der Waals surface area contributed by atoms with Gasteiger partial charge in [0.05, 0.1) is 5.69 Å². The Hall–Kier alpha value is -2.58. The van der Waals surface area contributed by atoms with Crippen LogP contribution in [-0.2, 0) is 9.59 Å². The van der Waals surface area contributed by atoms with Crippen molar-refractivity contribution in [3.05, 3.63) is 82.0 Å². The Bertz CT molecular complexity index is 1220. The normalized spacial score (nSPS) is 15.7. The lowest BCUT2D eigenvalue weighted by atomic mass is 10.1. The summed E-state index contributed by atoms with van der Waals surface area (Å²) >= 11 is 18.7. The molecule has 1 fully saturated rings. The molecule has 162 valence electrons. The fraction of sp³-hybridized carbons (Fsp3) is 0.0870. The average molecular weight is 503 g/mol. The maximum atomic E-state index is 13.3. The van der Waals surface area contributed by atoms with E-state index < -0.39 is 11.8 Å². The Morgan fingerprint density at radius 1 is 0.938 bits per heavy atom. The molecule has 2 heterocycles. The van der Waals surface area contributed by atoms with E-state index >= 15 is 0 Å². The van der Waals surface area contributed by atoms with Gasteiger partial charge in [0.1, 0.15) is 11.3 Å². The van der Waals surface area contributed by atoms with Gasteiger partial charge < -0.3 is 4.42 Å². The molecule has 0 aliphatic carbocycles. The lowest BCUT2D eigenvalue weighted by Gasteiger charge is -2.35. The van der Waals surface area contributed by atoms with Crippen LogP contribution >= 0.6 is 47.2 Å². The average Bonchev–Trinajstić information content (AvgIpc) is 3.21. The maximum absolute atomic E-state index is 13.3. The lowest BCUT2D eigenvalue weighted by Crippen LogP contribution is -2.56. The standard InChI is InChI=1S/C23H16Cl2N2O3S2/c1-2-26-21(28)19(22(29)27(23(26)31)16-7-3-14(24)4-8-16)13-17-9-12-20(30-17)32-18-10-5-15(25)6-11-18/h3-13H,2H2,1H3/b19-13+. The maximum Gasteiger partial charge on any atom is 0.270 e. The molecule has 0 N–H and O–H groups in total. The van der Waals surface area contributed by atoms with Crippen molar-refractivity contribution in [2.45, 2.75) is 16.9 Å². The summed E-state index contributed by atoms with van der Waals surface area (Å²) < 4.78 is 5.83. The number of halogens is 2. The first-order chi connectivity index (χ1) is 15.4. The molecule has 1 aliphatic rings. The molecule has 0 unspecified atom stereocenters. The minimum absolute atomic E-state index is 0.0345. The fourth-order valence-corrected chi connectivity index (χ4v) is 4.53. The van der Waals surface area contributed by atoms with Crippen molar-refractivity contribution in [3.8, 4) is 0 Å². The van der Waals surface area contributed by atoms with Crippen molar-refractivity contribution >= 4 is 75.9 Å². The van der Waals surface area contributed by atoms with E-state index in [1.807, 2.05) is 12.1 Å². The molecular weight excluding hydrogens is 487 g/mol. The first kappa shape index (κ1) is 22.6. The minimum atomic E-state index is -0.518. The number of likely N-dealkylation sites (N-methyl/N-ethyl adjacent to an activating group) is 1. The second-order valence-electron chi connectivity index (χ2n) is 6.72. The molecule has 5 nitrogen and oxygen atoms in total. The molecule has 32 heavy (non-hydrogen) atoms. The summed E-state index contributed by atoms with van der Waals surface area (Å²) in [4.78, 5) is 29.9. The number of rotatable bonds is 5. The third kappa shape index (κ3) is 4.61. The zero-order valence-electron chi connectivity index (χ0n) is 16.7. The zero-order valence-corrected chi connectivity index (χ0v) is 19.9. The monoisotopic (exact) mass is 502 g/mol. The molecule has 2 aromatic carbocycles. The SMILES string of the molecule is CCN1C(=O)/C(=C\c2ccc(Sc3ccc(Cl)cc3)o2)C(=O)N(c2ccc(Cl)cc2)C1=S. The molecule has 9 heteroatoms. The third-order valence-electron chi connectivity index (χ3n) is 4.65. The zero-order chi connectivity index (χ0) is 22.8. The number of anilines is 1. The van der Waals surface area contributed by atoms with Crippen LogP contribution < -0.4 is 4.90 Å². The molecule has 0 spiro atoms. The fourth-order valence-electron chi connectivity index (χ4n) is 3.10. The van der Waals surface area contributed by atoms with Crippen LogP contribution in [0.3, 0.4) is 0 Å². The molecule has 0 saturated carbocycles. The summed E-state index contributed by atoms with van der Waals surface area (Å²) in [6.45, 7) is 2.12. The molecule has 0 atom stereocenters. The lowest BCUT2D eigenvalue weighted by molar-refractivity contribution is -0.127. The van der Waals surface area contributed by atoms with Crippen LogP contribution in [0.5, 0.6) is 0 Å². The predicted octanol–water partition coefficient (Wildman–Crippen LogP) is 6.30. The first-order valence-corrected chi connectivity index (χ1v) is 11.6. The number of thiocarbonyl (C=S) groups is 1. The number of amides is 2. The van der Waals surface area contributed by atoms with Crippen LogP contribution in [-0.4, -0.2) is 28.4 Å². The van der Waals surface area contributed by atoms with Crippen LogP contribution in [0.1, 0.15) is 12.7 Å². The van der Waals surface area contributed by atoms with Crippen LogP contribution in [0, 0.1) is 0 Å². The molecule has 0 radical (unpaired) electrons. The highest BCUT2D eigenvalue weighted by Gasteiger charge is 2.39. The number of benzene rings is 2. The molecule has 3 aromatic rings. The van der Waals surface area contributed by atoms with Gasteiger partial charge in [0.25, 0.3) is 11.8 Å². The molecule has 4 rings (SSSR count). The molecule has 1 aromatic heterocycles.